The van der Waals surface area contributed by atoms with Crippen LogP contribution in [0.5, 0.6) is 0 Å². The van der Waals surface area contributed by atoms with Gasteiger partial charge in [-0.25, -0.2) is 0 Å². The molecule has 1 heteroatoms. The Balaban J connectivity index is 1.98. The van der Waals surface area contributed by atoms with Gasteiger partial charge in [-0.3, -0.25) is 4.90 Å². The van der Waals surface area contributed by atoms with Gasteiger partial charge in [0.1, 0.15) is 0 Å². The lowest BCUT2D eigenvalue weighted by Gasteiger charge is -2.52. The predicted octanol–water partition coefficient (Wildman–Crippen LogP) is 5.10. The maximum absolute atomic E-state index is 2.74. The third kappa shape index (κ3) is 3.54. The van der Waals surface area contributed by atoms with Gasteiger partial charge in [0, 0.05) is 12.1 Å². The summed E-state index contributed by atoms with van der Waals surface area (Å²) in [5.74, 6) is 0.947. The van der Waals surface area contributed by atoms with Gasteiger partial charge >= 0.3 is 0 Å². The van der Waals surface area contributed by atoms with E-state index < -0.39 is 0 Å². The summed E-state index contributed by atoms with van der Waals surface area (Å²) in [5, 5.41) is 0. The Kier molecular flexibility index (Phi) is 4.09. The van der Waals surface area contributed by atoms with Gasteiger partial charge in [-0.15, -0.1) is 0 Å². The molecule has 112 valence electrons. The first-order chi connectivity index (χ1) is 8.62. The van der Waals surface area contributed by atoms with E-state index in [4.69, 9.17) is 0 Å². The lowest BCUT2D eigenvalue weighted by molar-refractivity contribution is -0.0161. The normalized spacial score (nSPS) is 34.7. The molecule has 2 rings (SSSR count). The van der Waals surface area contributed by atoms with E-state index in [1.165, 1.54) is 51.6 Å². The van der Waals surface area contributed by atoms with Gasteiger partial charge in [-0.2, -0.15) is 0 Å². The standard InChI is InChI=1S/C18H35N/c1-16(2,3)15-8-11-18(12-9-15)10-7-13-19(14-18)17(4,5)6/h15H,7-14H2,1-6H3. The number of hydrogen-bond acceptors (Lipinski definition) is 1. The molecule has 0 bridgehead atoms. The predicted molar refractivity (Wildman–Crippen MR) is 84.4 cm³/mol. The second-order valence-electron chi connectivity index (χ2n) is 9.34. The molecule has 1 aliphatic heterocycles. The van der Waals surface area contributed by atoms with Crippen LogP contribution in [0.4, 0.5) is 0 Å². The van der Waals surface area contributed by atoms with Crippen molar-refractivity contribution in [2.24, 2.45) is 16.7 Å². The van der Waals surface area contributed by atoms with Crippen molar-refractivity contribution in [3.05, 3.63) is 0 Å². The number of nitrogens with zero attached hydrogens (tertiary/aromatic N) is 1. The SMILES string of the molecule is CC(C)(C)C1CCC2(CCCN(C(C)(C)C)C2)CC1. The minimum Gasteiger partial charge on any atom is -0.298 e. The highest BCUT2D eigenvalue weighted by molar-refractivity contribution is 4.95. The van der Waals surface area contributed by atoms with Crippen LogP contribution >= 0.6 is 0 Å². The van der Waals surface area contributed by atoms with Crippen molar-refractivity contribution in [1.82, 2.24) is 4.90 Å². The van der Waals surface area contributed by atoms with Crippen molar-refractivity contribution in [3.63, 3.8) is 0 Å². The monoisotopic (exact) mass is 265 g/mol. The Morgan fingerprint density at radius 3 is 1.95 bits per heavy atom. The summed E-state index contributed by atoms with van der Waals surface area (Å²) < 4.78 is 0. The molecule has 2 aliphatic rings. The number of likely N-dealkylation sites (tertiary alicyclic amines) is 1. The zero-order valence-corrected chi connectivity index (χ0v) is 14.2. The highest BCUT2D eigenvalue weighted by atomic mass is 15.2. The fourth-order valence-electron chi connectivity index (χ4n) is 4.28. The highest BCUT2D eigenvalue weighted by Gasteiger charge is 2.42. The van der Waals surface area contributed by atoms with Gasteiger partial charge in [-0.05, 0) is 82.6 Å². The van der Waals surface area contributed by atoms with Crippen molar-refractivity contribution in [3.8, 4) is 0 Å². The zero-order chi connectivity index (χ0) is 14.3. The summed E-state index contributed by atoms with van der Waals surface area (Å²) >= 11 is 0. The molecule has 0 N–H and O–H groups in total. The maximum Gasteiger partial charge on any atom is 0.0125 e. The Bertz CT molecular complexity index is 297. The van der Waals surface area contributed by atoms with Crippen molar-refractivity contribution in [1.29, 1.82) is 0 Å². The molecule has 2 fully saturated rings. The topological polar surface area (TPSA) is 3.24 Å². The van der Waals surface area contributed by atoms with Gasteiger partial charge in [0.2, 0.25) is 0 Å². The van der Waals surface area contributed by atoms with Gasteiger partial charge in [-0.1, -0.05) is 20.8 Å². The first kappa shape index (κ1) is 15.4. The summed E-state index contributed by atoms with van der Waals surface area (Å²) in [6.07, 6.45) is 8.76. The maximum atomic E-state index is 2.74. The molecule has 1 saturated heterocycles. The quantitative estimate of drug-likeness (QED) is 0.589. The van der Waals surface area contributed by atoms with E-state index in [0.717, 1.165) is 5.92 Å². The smallest absolute Gasteiger partial charge is 0.0125 e. The second kappa shape index (κ2) is 5.06. The fourth-order valence-corrected chi connectivity index (χ4v) is 4.28. The average Bonchev–Trinajstić information content (AvgIpc) is 2.27. The minimum atomic E-state index is 0.355. The summed E-state index contributed by atoms with van der Waals surface area (Å²) in [6, 6.07) is 0. The van der Waals surface area contributed by atoms with Crippen LogP contribution in [0.2, 0.25) is 0 Å². The van der Waals surface area contributed by atoms with E-state index >= 15 is 0 Å². The molecular formula is C18H35N. The second-order valence-corrected chi connectivity index (χ2v) is 9.34. The third-order valence-corrected chi connectivity index (χ3v) is 5.88. The molecule has 0 atom stereocenters. The van der Waals surface area contributed by atoms with Crippen LogP contribution in [-0.2, 0) is 0 Å². The molecule has 1 aliphatic carbocycles. The first-order valence-corrected chi connectivity index (χ1v) is 8.38. The van der Waals surface area contributed by atoms with Crippen molar-refractivity contribution in [2.75, 3.05) is 13.1 Å². The summed E-state index contributed by atoms with van der Waals surface area (Å²) in [5.41, 5.74) is 1.53. The lowest BCUT2D eigenvalue weighted by atomic mass is 9.61. The average molecular weight is 265 g/mol. The van der Waals surface area contributed by atoms with Gasteiger partial charge < -0.3 is 0 Å². The van der Waals surface area contributed by atoms with E-state index in [2.05, 4.69) is 46.4 Å². The molecule has 0 amide bonds. The van der Waals surface area contributed by atoms with Crippen LogP contribution in [0.1, 0.15) is 80.1 Å². The van der Waals surface area contributed by atoms with E-state index in [0.29, 0.717) is 16.4 Å². The summed E-state index contributed by atoms with van der Waals surface area (Å²) in [4.78, 5) is 2.74. The Labute approximate surface area is 121 Å². The highest BCUT2D eigenvalue weighted by Crippen LogP contribution is 2.49. The number of rotatable bonds is 0. The van der Waals surface area contributed by atoms with Crippen LogP contribution in [-0.4, -0.2) is 23.5 Å². The summed E-state index contributed by atoms with van der Waals surface area (Å²) in [7, 11) is 0. The number of hydrogen-bond donors (Lipinski definition) is 0. The molecule has 0 radical (unpaired) electrons. The van der Waals surface area contributed by atoms with E-state index in [-0.39, 0.29) is 0 Å². The Morgan fingerprint density at radius 1 is 0.895 bits per heavy atom. The molecular weight excluding hydrogens is 230 g/mol. The van der Waals surface area contributed by atoms with E-state index in [1.807, 2.05) is 0 Å². The Hall–Kier alpha value is -0.0400. The molecule has 0 aromatic carbocycles. The van der Waals surface area contributed by atoms with Crippen molar-refractivity contribution >= 4 is 0 Å². The van der Waals surface area contributed by atoms with Gasteiger partial charge in [0.05, 0.1) is 0 Å². The van der Waals surface area contributed by atoms with Gasteiger partial charge in [0.15, 0.2) is 0 Å². The molecule has 1 spiro atoms. The first-order valence-electron chi connectivity index (χ1n) is 8.38. The molecule has 19 heavy (non-hydrogen) atoms. The van der Waals surface area contributed by atoms with Crippen LogP contribution < -0.4 is 0 Å². The zero-order valence-electron chi connectivity index (χ0n) is 14.2. The molecule has 0 aromatic rings. The minimum absolute atomic E-state index is 0.355. The van der Waals surface area contributed by atoms with Crippen LogP contribution in [0.15, 0.2) is 0 Å². The molecule has 1 nitrogen and oxygen atoms in total. The molecule has 0 unspecified atom stereocenters. The molecule has 1 heterocycles. The van der Waals surface area contributed by atoms with Crippen LogP contribution in [0.25, 0.3) is 0 Å². The summed E-state index contributed by atoms with van der Waals surface area (Å²) in [6.45, 7) is 17.1. The fraction of sp³-hybridized carbons (Fsp3) is 1.00. The molecule has 1 saturated carbocycles. The Morgan fingerprint density at radius 2 is 1.47 bits per heavy atom. The number of piperidine rings is 1. The van der Waals surface area contributed by atoms with Crippen molar-refractivity contribution < 1.29 is 0 Å². The third-order valence-electron chi connectivity index (χ3n) is 5.88. The van der Waals surface area contributed by atoms with Crippen LogP contribution in [0.3, 0.4) is 0 Å². The molecule has 0 aromatic heterocycles. The largest absolute Gasteiger partial charge is 0.298 e. The van der Waals surface area contributed by atoms with Gasteiger partial charge in [0.25, 0.3) is 0 Å². The van der Waals surface area contributed by atoms with E-state index in [1.54, 1.807) is 0 Å². The van der Waals surface area contributed by atoms with Crippen LogP contribution in [0, 0.1) is 16.7 Å². The van der Waals surface area contributed by atoms with Crippen molar-refractivity contribution in [2.45, 2.75) is 85.6 Å². The van der Waals surface area contributed by atoms with E-state index in [9.17, 15) is 0 Å². The lowest BCUT2D eigenvalue weighted by Crippen LogP contribution is -2.52.